The van der Waals surface area contributed by atoms with Crippen LogP contribution in [0.3, 0.4) is 0 Å². The lowest BCUT2D eigenvalue weighted by Gasteiger charge is -2.10. The number of aryl methyl sites for hydroxylation is 2. The topological polar surface area (TPSA) is 81.9 Å². The molecule has 0 aliphatic rings. The van der Waals surface area contributed by atoms with Gasteiger partial charge >= 0.3 is 5.91 Å². The number of hydrogen-bond acceptors (Lipinski definition) is 5. The first-order valence-electron chi connectivity index (χ1n) is 10.1. The van der Waals surface area contributed by atoms with E-state index in [0.717, 1.165) is 5.69 Å². The van der Waals surface area contributed by atoms with Crippen molar-refractivity contribution in [2.24, 2.45) is 5.10 Å². The van der Waals surface area contributed by atoms with Crippen molar-refractivity contribution in [2.75, 3.05) is 0 Å². The lowest BCUT2D eigenvalue weighted by molar-refractivity contribution is 0.0923. The number of rotatable bonds is 8. The number of ether oxygens (including phenoxy) is 1. The summed E-state index contributed by atoms with van der Waals surface area (Å²) < 4.78 is 18.7. The Balaban J connectivity index is 1.28. The van der Waals surface area contributed by atoms with Gasteiger partial charge < -0.3 is 18.1 Å². The third kappa shape index (κ3) is 5.07. The Kier molecular flexibility index (Phi) is 6.36. The Morgan fingerprint density at radius 1 is 1.06 bits per heavy atom. The molecule has 7 heteroatoms. The molecule has 4 rings (SSSR count). The molecule has 0 aliphatic carbocycles. The number of benzene rings is 1. The van der Waals surface area contributed by atoms with Gasteiger partial charge in [0, 0.05) is 23.3 Å². The predicted octanol–water partition coefficient (Wildman–Crippen LogP) is 5.29. The van der Waals surface area contributed by atoms with Crippen LogP contribution in [0.2, 0.25) is 0 Å². The maximum Gasteiger partial charge on any atom is 0.307 e. The molecule has 3 heterocycles. The summed E-state index contributed by atoms with van der Waals surface area (Å²) in [6.45, 7) is 4.36. The molecule has 1 N–H and O–H groups in total. The second kappa shape index (κ2) is 9.70. The van der Waals surface area contributed by atoms with E-state index in [-0.39, 0.29) is 12.4 Å². The molecule has 1 aromatic carbocycles. The quantitative estimate of drug-likeness (QED) is 0.305. The van der Waals surface area contributed by atoms with Crippen LogP contribution >= 0.6 is 0 Å². The van der Waals surface area contributed by atoms with E-state index < -0.39 is 5.91 Å². The van der Waals surface area contributed by atoms with Crippen molar-refractivity contribution in [3.05, 3.63) is 102 Å². The van der Waals surface area contributed by atoms with Gasteiger partial charge in [-0.1, -0.05) is 0 Å². The fraction of sp³-hybridized carbons (Fsp3) is 0.120. The zero-order valence-corrected chi connectivity index (χ0v) is 17.8. The summed E-state index contributed by atoms with van der Waals surface area (Å²) in [5.74, 6) is 1.66. The van der Waals surface area contributed by atoms with Gasteiger partial charge in [-0.15, -0.1) is 0 Å². The third-order valence-electron chi connectivity index (χ3n) is 4.76. The van der Waals surface area contributed by atoms with Gasteiger partial charge in [0.2, 0.25) is 0 Å². The molecule has 0 aliphatic heterocycles. The molecule has 0 radical (unpaired) electrons. The standard InChI is InChI=1S/C25H23N3O4/c1-18-7-8-19(2)28(18)20-9-11-22(12-10-20)31-17-23-13-14-24(32-23)25(29)27-26-15-3-5-21-6-4-16-30-21/h3-16H,17H2,1-2H3,(H,27,29)/b5-3+,26-15+. The molecule has 0 saturated heterocycles. The molecule has 4 aromatic rings. The largest absolute Gasteiger partial charge is 0.486 e. The van der Waals surface area contributed by atoms with E-state index in [2.05, 4.69) is 41.1 Å². The highest BCUT2D eigenvalue weighted by atomic mass is 16.5. The van der Waals surface area contributed by atoms with Gasteiger partial charge in [-0.05, 0) is 86.7 Å². The van der Waals surface area contributed by atoms with E-state index in [0.29, 0.717) is 17.3 Å². The zero-order valence-electron chi connectivity index (χ0n) is 17.8. The summed E-state index contributed by atoms with van der Waals surface area (Å²) >= 11 is 0. The normalized spacial score (nSPS) is 11.4. The average molecular weight is 429 g/mol. The van der Waals surface area contributed by atoms with Gasteiger partial charge in [0.15, 0.2) is 5.76 Å². The van der Waals surface area contributed by atoms with E-state index >= 15 is 0 Å². The molecule has 7 nitrogen and oxygen atoms in total. The van der Waals surface area contributed by atoms with Crippen molar-refractivity contribution in [2.45, 2.75) is 20.5 Å². The summed E-state index contributed by atoms with van der Waals surface area (Å²) in [7, 11) is 0. The highest BCUT2D eigenvalue weighted by Gasteiger charge is 2.11. The Hall–Kier alpha value is -4.26. The zero-order chi connectivity index (χ0) is 22.3. The molecule has 0 unspecified atom stereocenters. The minimum atomic E-state index is -0.444. The Morgan fingerprint density at radius 3 is 2.56 bits per heavy atom. The summed E-state index contributed by atoms with van der Waals surface area (Å²) in [4.78, 5) is 12.1. The third-order valence-corrected chi connectivity index (χ3v) is 4.76. The SMILES string of the molecule is Cc1ccc(C)n1-c1ccc(OCc2ccc(C(=O)N/N=C/C=C/c3ccco3)o2)cc1. The van der Waals surface area contributed by atoms with Crippen molar-refractivity contribution in [3.8, 4) is 11.4 Å². The molecule has 32 heavy (non-hydrogen) atoms. The molecular weight excluding hydrogens is 406 g/mol. The van der Waals surface area contributed by atoms with Crippen molar-refractivity contribution in [3.63, 3.8) is 0 Å². The summed E-state index contributed by atoms with van der Waals surface area (Å²) in [6, 6.07) is 18.9. The fourth-order valence-electron chi connectivity index (χ4n) is 3.22. The van der Waals surface area contributed by atoms with E-state index in [4.69, 9.17) is 13.6 Å². The predicted molar refractivity (Wildman–Crippen MR) is 122 cm³/mol. The summed E-state index contributed by atoms with van der Waals surface area (Å²) in [5, 5.41) is 3.85. The van der Waals surface area contributed by atoms with Crippen molar-refractivity contribution in [1.29, 1.82) is 0 Å². The maximum absolute atomic E-state index is 12.1. The number of nitrogens with one attached hydrogen (secondary N) is 1. The van der Waals surface area contributed by atoms with Gasteiger partial charge in [0.05, 0.1) is 6.26 Å². The Morgan fingerprint density at radius 2 is 1.84 bits per heavy atom. The number of hydrogen-bond donors (Lipinski definition) is 1. The lowest BCUT2D eigenvalue weighted by Crippen LogP contribution is -2.16. The van der Waals surface area contributed by atoms with Crippen LogP contribution in [0.5, 0.6) is 5.75 Å². The fourth-order valence-corrected chi connectivity index (χ4v) is 3.22. The molecule has 0 bridgehead atoms. The van der Waals surface area contributed by atoms with Crippen LogP contribution in [0.4, 0.5) is 0 Å². The van der Waals surface area contributed by atoms with Crippen LogP contribution in [0.15, 0.2) is 86.9 Å². The Labute approximate surface area is 185 Å². The van der Waals surface area contributed by atoms with Crippen LogP contribution in [-0.4, -0.2) is 16.7 Å². The summed E-state index contributed by atoms with van der Waals surface area (Å²) in [6.07, 6.45) is 6.42. The number of nitrogens with zero attached hydrogens (tertiary/aromatic N) is 2. The molecular formula is C25H23N3O4. The number of carbonyl (C=O) groups is 1. The minimum absolute atomic E-state index is 0.157. The second-order valence-electron chi connectivity index (χ2n) is 7.09. The average Bonchev–Trinajstić information content (AvgIpc) is 3.55. The van der Waals surface area contributed by atoms with E-state index in [1.807, 2.05) is 30.3 Å². The van der Waals surface area contributed by atoms with Crippen molar-refractivity contribution >= 4 is 18.2 Å². The second-order valence-corrected chi connectivity index (χ2v) is 7.09. The van der Waals surface area contributed by atoms with Crippen molar-refractivity contribution in [1.82, 2.24) is 9.99 Å². The smallest absolute Gasteiger partial charge is 0.307 e. The molecule has 0 fully saturated rings. The summed E-state index contributed by atoms with van der Waals surface area (Å²) in [5.41, 5.74) is 5.84. The van der Waals surface area contributed by atoms with E-state index in [1.165, 1.54) is 17.6 Å². The number of amides is 1. The number of carbonyl (C=O) groups excluding carboxylic acids is 1. The highest BCUT2D eigenvalue weighted by Crippen LogP contribution is 2.21. The van der Waals surface area contributed by atoms with Crippen LogP contribution in [0.25, 0.3) is 11.8 Å². The Bertz CT molecular complexity index is 1210. The first-order chi connectivity index (χ1) is 15.6. The van der Waals surface area contributed by atoms with Gasteiger partial charge in [-0.25, -0.2) is 5.43 Å². The molecule has 0 saturated carbocycles. The minimum Gasteiger partial charge on any atom is -0.486 e. The van der Waals surface area contributed by atoms with E-state index in [1.54, 1.807) is 36.6 Å². The molecule has 0 spiro atoms. The molecule has 0 atom stereocenters. The number of allylic oxidation sites excluding steroid dienone is 1. The first kappa shape index (κ1) is 21.0. The van der Waals surface area contributed by atoms with Gasteiger partial charge in [0.1, 0.15) is 23.9 Å². The highest BCUT2D eigenvalue weighted by molar-refractivity contribution is 5.92. The molecule has 3 aromatic heterocycles. The van der Waals surface area contributed by atoms with Crippen molar-refractivity contribution < 1.29 is 18.4 Å². The van der Waals surface area contributed by atoms with Crippen LogP contribution in [0, 0.1) is 13.8 Å². The lowest BCUT2D eigenvalue weighted by atomic mass is 10.3. The van der Waals surface area contributed by atoms with Crippen LogP contribution in [0.1, 0.15) is 33.5 Å². The monoisotopic (exact) mass is 429 g/mol. The van der Waals surface area contributed by atoms with Crippen LogP contribution < -0.4 is 10.2 Å². The number of furan rings is 2. The van der Waals surface area contributed by atoms with E-state index in [9.17, 15) is 4.79 Å². The number of hydrazone groups is 1. The molecule has 1 amide bonds. The van der Waals surface area contributed by atoms with Gasteiger partial charge in [-0.3, -0.25) is 4.79 Å². The van der Waals surface area contributed by atoms with Gasteiger partial charge in [-0.2, -0.15) is 5.10 Å². The number of aromatic nitrogens is 1. The molecule has 162 valence electrons. The van der Waals surface area contributed by atoms with Gasteiger partial charge in [0.25, 0.3) is 0 Å². The van der Waals surface area contributed by atoms with Crippen LogP contribution in [-0.2, 0) is 6.61 Å². The maximum atomic E-state index is 12.1. The first-order valence-corrected chi connectivity index (χ1v) is 10.1.